The first-order valence-corrected chi connectivity index (χ1v) is 10.5. The Morgan fingerprint density at radius 3 is 2.85 bits per heavy atom. The molecule has 0 spiro atoms. The van der Waals surface area contributed by atoms with Crippen molar-refractivity contribution in [3.8, 4) is 5.75 Å². The predicted octanol–water partition coefficient (Wildman–Crippen LogP) is 4.38. The highest BCUT2D eigenvalue weighted by atomic mass is 31.1. The van der Waals surface area contributed by atoms with Gasteiger partial charge in [-0.15, -0.1) is 0 Å². The van der Waals surface area contributed by atoms with Crippen molar-refractivity contribution in [3.05, 3.63) is 36.8 Å². The molecule has 0 bridgehead atoms. The first kappa shape index (κ1) is 18.5. The lowest BCUT2D eigenvalue weighted by Gasteiger charge is -2.12. The van der Waals surface area contributed by atoms with Crippen LogP contribution in [-0.2, 0) is 10.8 Å². The molecule has 1 N–H and O–H groups in total. The number of hydrogen-bond donors (Lipinski definition) is 1. The highest BCUT2D eigenvalue weighted by molar-refractivity contribution is 7.50. The average molecular weight is 373 g/mol. The molecule has 8 heteroatoms. The van der Waals surface area contributed by atoms with E-state index in [0.717, 1.165) is 35.4 Å². The van der Waals surface area contributed by atoms with Gasteiger partial charge in [-0.25, -0.2) is 9.97 Å². The number of hydrogen-bond acceptors (Lipinski definition) is 6. The maximum atomic E-state index is 5.78. The summed E-state index contributed by atoms with van der Waals surface area (Å²) in [5.41, 5.74) is 0.853. The summed E-state index contributed by atoms with van der Waals surface area (Å²) < 4.78 is 13.3. The summed E-state index contributed by atoms with van der Waals surface area (Å²) in [7, 11) is -0.514. The van der Waals surface area contributed by atoms with Gasteiger partial charge >= 0.3 is 0 Å². The van der Waals surface area contributed by atoms with E-state index in [9.17, 15) is 0 Å². The number of nitrogens with zero attached hydrogens (tertiary/aromatic N) is 4. The molecule has 0 saturated carbocycles. The van der Waals surface area contributed by atoms with E-state index in [1.165, 1.54) is 0 Å². The molecule has 0 aliphatic heterocycles. The lowest BCUT2D eigenvalue weighted by Crippen LogP contribution is -2.05. The van der Waals surface area contributed by atoms with E-state index in [1.807, 2.05) is 55.9 Å². The first-order chi connectivity index (χ1) is 12.5. The fourth-order valence-corrected chi connectivity index (χ4v) is 3.66. The molecule has 1 atom stereocenters. The van der Waals surface area contributed by atoms with Crippen LogP contribution in [0.3, 0.4) is 0 Å². The van der Waals surface area contributed by atoms with Crippen LogP contribution < -0.4 is 10.1 Å². The van der Waals surface area contributed by atoms with Crippen molar-refractivity contribution in [3.63, 3.8) is 0 Å². The Hall–Kier alpha value is -2.24. The topological polar surface area (TPSA) is 74.1 Å². The monoisotopic (exact) mass is 373 g/mol. The van der Waals surface area contributed by atoms with Crippen molar-refractivity contribution in [1.29, 1.82) is 0 Å². The summed E-state index contributed by atoms with van der Waals surface area (Å²) in [6, 6.07) is 7.74. The van der Waals surface area contributed by atoms with Gasteiger partial charge in [0.05, 0.1) is 17.9 Å². The van der Waals surface area contributed by atoms with Crippen molar-refractivity contribution in [1.82, 2.24) is 19.7 Å². The van der Waals surface area contributed by atoms with Crippen molar-refractivity contribution in [2.24, 2.45) is 0 Å². The quantitative estimate of drug-likeness (QED) is 0.591. The third-order valence-corrected chi connectivity index (χ3v) is 4.95. The number of benzene rings is 1. The second-order valence-electron chi connectivity index (χ2n) is 6.12. The zero-order chi connectivity index (χ0) is 18.5. The average Bonchev–Trinajstić information content (AvgIpc) is 3.02. The van der Waals surface area contributed by atoms with Gasteiger partial charge in [-0.2, -0.15) is 5.10 Å². The Morgan fingerprint density at radius 1 is 1.23 bits per heavy atom. The smallest absolute Gasteiger partial charge is 0.153 e. The molecule has 3 aromatic rings. The zero-order valence-corrected chi connectivity index (χ0v) is 16.4. The molecule has 2 heterocycles. The maximum Gasteiger partial charge on any atom is 0.153 e. The number of nitrogens with one attached hydrogen (secondary N) is 1. The number of aromatic nitrogens is 4. The summed E-state index contributed by atoms with van der Waals surface area (Å²) in [5, 5.41) is 8.73. The lowest BCUT2D eigenvalue weighted by atomic mass is 10.2. The van der Waals surface area contributed by atoms with Crippen LogP contribution in [0, 0.1) is 0 Å². The van der Waals surface area contributed by atoms with Crippen LogP contribution >= 0.6 is 8.15 Å². The van der Waals surface area contributed by atoms with Crippen molar-refractivity contribution in [2.45, 2.75) is 33.2 Å². The molecule has 1 unspecified atom stereocenters. The van der Waals surface area contributed by atoms with Crippen molar-refractivity contribution in [2.75, 3.05) is 18.6 Å². The molecule has 2 aromatic heterocycles. The zero-order valence-electron chi connectivity index (χ0n) is 15.5. The normalized spacial score (nSPS) is 12.5. The van der Waals surface area contributed by atoms with Gasteiger partial charge in [0.2, 0.25) is 0 Å². The van der Waals surface area contributed by atoms with Crippen molar-refractivity contribution >= 4 is 30.7 Å². The Bertz CT molecular complexity index is 868. The number of fused-ring (bicyclic) bond motifs is 1. The molecule has 7 nitrogen and oxygen atoms in total. The summed E-state index contributed by atoms with van der Waals surface area (Å²) in [4.78, 5) is 8.70. The minimum absolute atomic E-state index is 0.110. The summed E-state index contributed by atoms with van der Waals surface area (Å²) in [5.74, 6) is 2.24. The van der Waals surface area contributed by atoms with E-state index in [2.05, 4.69) is 27.0 Å². The van der Waals surface area contributed by atoms with Crippen LogP contribution in [0.25, 0.3) is 10.9 Å². The molecular formula is C18H24N5O2P. The fraction of sp³-hybridized carbons (Fsp3) is 0.389. The van der Waals surface area contributed by atoms with Crippen LogP contribution in [0.2, 0.25) is 0 Å². The molecular weight excluding hydrogens is 349 g/mol. The standard InChI is InChI=1S/C18H24N5O2P/c1-5-24-26(4)12-23-9-8-17(22-23)21-18-15-10-14(25-13(2)3)6-7-16(15)19-11-20-18/h6-11,13H,5,12H2,1-4H3,(H,19,20,21,22). The van der Waals surface area contributed by atoms with E-state index in [-0.39, 0.29) is 6.10 Å². The van der Waals surface area contributed by atoms with E-state index in [0.29, 0.717) is 5.82 Å². The van der Waals surface area contributed by atoms with Gasteiger partial charge in [-0.3, -0.25) is 4.68 Å². The molecule has 0 fully saturated rings. The Kier molecular flexibility index (Phi) is 6.01. The highest BCUT2D eigenvalue weighted by Crippen LogP contribution is 2.33. The van der Waals surface area contributed by atoms with Crippen LogP contribution in [-0.4, -0.2) is 39.1 Å². The van der Waals surface area contributed by atoms with Gasteiger partial charge in [0, 0.05) is 32.4 Å². The minimum Gasteiger partial charge on any atom is -0.491 e. The van der Waals surface area contributed by atoms with Gasteiger partial charge in [0.1, 0.15) is 17.9 Å². The molecule has 0 saturated heterocycles. The highest BCUT2D eigenvalue weighted by Gasteiger charge is 2.09. The fourth-order valence-electron chi connectivity index (χ4n) is 2.57. The minimum atomic E-state index is -0.514. The van der Waals surface area contributed by atoms with Crippen molar-refractivity contribution < 1.29 is 9.26 Å². The van der Waals surface area contributed by atoms with Gasteiger partial charge in [0.25, 0.3) is 0 Å². The van der Waals surface area contributed by atoms with Gasteiger partial charge in [-0.1, -0.05) is 0 Å². The molecule has 0 amide bonds. The summed E-state index contributed by atoms with van der Waals surface area (Å²) in [6.07, 6.45) is 4.36. The number of rotatable bonds is 8. The van der Waals surface area contributed by atoms with Gasteiger partial charge < -0.3 is 14.6 Å². The Labute approximate surface area is 154 Å². The molecule has 138 valence electrons. The first-order valence-electron chi connectivity index (χ1n) is 8.61. The summed E-state index contributed by atoms with van der Waals surface area (Å²) >= 11 is 0. The molecule has 0 aliphatic carbocycles. The largest absolute Gasteiger partial charge is 0.491 e. The van der Waals surface area contributed by atoms with Crippen LogP contribution in [0.1, 0.15) is 20.8 Å². The Morgan fingerprint density at radius 2 is 2.08 bits per heavy atom. The molecule has 0 radical (unpaired) electrons. The van der Waals surface area contributed by atoms with Gasteiger partial charge in [-0.05, 0) is 45.6 Å². The summed E-state index contributed by atoms with van der Waals surface area (Å²) in [6.45, 7) is 8.83. The van der Waals surface area contributed by atoms with Crippen LogP contribution in [0.4, 0.5) is 11.6 Å². The lowest BCUT2D eigenvalue weighted by molar-refractivity contribution is 0.243. The van der Waals surface area contributed by atoms with E-state index in [1.54, 1.807) is 6.33 Å². The molecule has 26 heavy (non-hydrogen) atoms. The number of ether oxygens (including phenoxy) is 1. The molecule has 3 rings (SSSR count). The van der Waals surface area contributed by atoms with E-state index < -0.39 is 8.15 Å². The van der Waals surface area contributed by atoms with Crippen LogP contribution in [0.5, 0.6) is 5.75 Å². The van der Waals surface area contributed by atoms with E-state index in [4.69, 9.17) is 9.26 Å². The maximum absolute atomic E-state index is 5.78. The SMILES string of the molecule is CCOP(C)Cn1ccc(Nc2ncnc3ccc(OC(C)C)cc23)n1. The molecule has 1 aromatic carbocycles. The second-order valence-corrected chi connectivity index (χ2v) is 7.92. The third kappa shape index (κ3) is 4.68. The Balaban J connectivity index is 1.81. The van der Waals surface area contributed by atoms with E-state index >= 15 is 0 Å². The molecule has 0 aliphatic rings. The second kappa shape index (κ2) is 8.43. The third-order valence-electron chi connectivity index (χ3n) is 3.56. The van der Waals surface area contributed by atoms with Crippen LogP contribution in [0.15, 0.2) is 36.8 Å². The number of anilines is 2. The predicted molar refractivity (Wildman–Crippen MR) is 105 cm³/mol. The van der Waals surface area contributed by atoms with Gasteiger partial charge in [0.15, 0.2) is 5.82 Å².